The molecule has 21 heavy (non-hydrogen) atoms. The summed E-state index contributed by atoms with van der Waals surface area (Å²) in [6.45, 7) is 1.58. The first kappa shape index (κ1) is 15.6. The third kappa shape index (κ3) is 4.34. The minimum atomic E-state index is -1.28. The molecule has 0 saturated heterocycles. The molecule has 1 heterocycles. The predicted octanol–water partition coefficient (Wildman–Crippen LogP) is 2.53. The molecule has 6 heteroatoms. The molecule has 4 nitrogen and oxygen atoms in total. The molecular weight excluding hydrogens is 293 g/mol. The van der Waals surface area contributed by atoms with Gasteiger partial charge in [0.15, 0.2) is 0 Å². The van der Waals surface area contributed by atoms with E-state index < -0.39 is 5.60 Å². The highest BCUT2D eigenvalue weighted by Gasteiger charge is 2.26. The maximum Gasteiger partial charge on any atom is 0.230 e. The third-order valence-corrected chi connectivity index (χ3v) is 3.93. The van der Waals surface area contributed by atoms with Gasteiger partial charge in [0.25, 0.3) is 0 Å². The largest absolute Gasteiger partial charge is 0.466 e. The Balaban J connectivity index is 1.82. The van der Waals surface area contributed by atoms with Crippen molar-refractivity contribution in [2.24, 2.45) is 0 Å². The highest BCUT2D eigenvalue weighted by Crippen LogP contribution is 2.22. The topological polar surface area (TPSA) is 62.5 Å². The van der Waals surface area contributed by atoms with Crippen molar-refractivity contribution in [3.05, 3.63) is 54.2 Å². The molecule has 1 amide bonds. The number of hydrogen-bond acceptors (Lipinski definition) is 4. The molecule has 2 rings (SSSR count). The van der Waals surface area contributed by atoms with Crippen LogP contribution >= 0.6 is 11.8 Å². The van der Waals surface area contributed by atoms with Crippen molar-refractivity contribution < 1.29 is 18.7 Å². The van der Waals surface area contributed by atoms with Crippen LogP contribution in [0.1, 0.15) is 12.7 Å². The van der Waals surface area contributed by atoms with Gasteiger partial charge in [-0.3, -0.25) is 4.79 Å². The van der Waals surface area contributed by atoms with E-state index in [0.717, 1.165) is 11.8 Å². The van der Waals surface area contributed by atoms with Gasteiger partial charge in [-0.25, -0.2) is 4.39 Å². The lowest BCUT2D eigenvalue weighted by molar-refractivity contribution is -0.119. The van der Waals surface area contributed by atoms with Gasteiger partial charge in [-0.1, -0.05) is 12.1 Å². The van der Waals surface area contributed by atoms with E-state index in [9.17, 15) is 14.3 Å². The molecular formula is C15H16FNO3S. The number of furan rings is 1. The van der Waals surface area contributed by atoms with Gasteiger partial charge in [-0.15, -0.1) is 11.8 Å². The SMILES string of the molecule is CC(O)(CNC(=O)CSc1ccccc1F)c1ccco1. The standard InChI is InChI=1S/C15H16FNO3S/c1-15(19,13-7-4-8-20-13)10-17-14(18)9-21-12-6-3-2-5-11(12)16/h2-8,19H,9-10H2,1H3,(H,17,18). The Morgan fingerprint density at radius 2 is 2.14 bits per heavy atom. The molecule has 0 aliphatic rings. The Hall–Kier alpha value is -1.79. The smallest absolute Gasteiger partial charge is 0.230 e. The lowest BCUT2D eigenvalue weighted by Gasteiger charge is -2.21. The van der Waals surface area contributed by atoms with Crippen LogP contribution in [-0.2, 0) is 10.4 Å². The van der Waals surface area contributed by atoms with Gasteiger partial charge in [0.2, 0.25) is 5.91 Å². The van der Waals surface area contributed by atoms with E-state index in [1.165, 1.54) is 12.3 Å². The van der Waals surface area contributed by atoms with Crippen LogP contribution in [0.2, 0.25) is 0 Å². The fourth-order valence-electron chi connectivity index (χ4n) is 1.70. The second-order valence-electron chi connectivity index (χ2n) is 4.75. The molecule has 0 bridgehead atoms. The van der Waals surface area contributed by atoms with E-state index in [2.05, 4.69) is 5.32 Å². The minimum Gasteiger partial charge on any atom is -0.466 e. The highest BCUT2D eigenvalue weighted by molar-refractivity contribution is 8.00. The lowest BCUT2D eigenvalue weighted by Crippen LogP contribution is -2.39. The number of carbonyl (C=O) groups excluding carboxylic acids is 1. The zero-order valence-corrected chi connectivity index (χ0v) is 12.3. The summed E-state index contributed by atoms with van der Waals surface area (Å²) >= 11 is 1.11. The fraction of sp³-hybridized carbons (Fsp3) is 0.267. The molecule has 0 saturated carbocycles. The van der Waals surface area contributed by atoms with Crippen LogP contribution in [0, 0.1) is 5.82 Å². The number of rotatable bonds is 6. The van der Waals surface area contributed by atoms with Gasteiger partial charge in [-0.2, -0.15) is 0 Å². The summed E-state index contributed by atoms with van der Waals surface area (Å²) in [7, 11) is 0. The van der Waals surface area contributed by atoms with Crippen molar-refractivity contribution in [3.8, 4) is 0 Å². The summed E-state index contributed by atoms with van der Waals surface area (Å²) in [5, 5.41) is 12.8. The highest BCUT2D eigenvalue weighted by atomic mass is 32.2. The zero-order chi connectivity index (χ0) is 15.3. The number of nitrogens with one attached hydrogen (secondary N) is 1. The predicted molar refractivity (Wildman–Crippen MR) is 78.4 cm³/mol. The monoisotopic (exact) mass is 309 g/mol. The molecule has 0 radical (unpaired) electrons. The molecule has 0 fully saturated rings. The molecule has 112 valence electrons. The molecule has 0 aliphatic carbocycles. The summed E-state index contributed by atoms with van der Waals surface area (Å²) in [4.78, 5) is 12.2. The van der Waals surface area contributed by atoms with Crippen LogP contribution < -0.4 is 5.32 Å². The Bertz CT molecular complexity index is 599. The normalized spacial score (nSPS) is 13.7. The third-order valence-electron chi connectivity index (χ3n) is 2.88. The molecule has 0 spiro atoms. The number of thioether (sulfide) groups is 1. The maximum atomic E-state index is 13.4. The zero-order valence-electron chi connectivity index (χ0n) is 11.5. The quantitative estimate of drug-likeness (QED) is 0.805. The first-order valence-electron chi connectivity index (χ1n) is 6.39. The van der Waals surface area contributed by atoms with E-state index in [-0.39, 0.29) is 24.0 Å². The summed E-state index contributed by atoms with van der Waals surface area (Å²) in [6.07, 6.45) is 1.46. The second-order valence-corrected chi connectivity index (χ2v) is 5.76. The van der Waals surface area contributed by atoms with Gasteiger partial charge in [0, 0.05) is 4.90 Å². The first-order valence-corrected chi connectivity index (χ1v) is 7.38. The molecule has 1 aromatic heterocycles. The summed E-state index contributed by atoms with van der Waals surface area (Å²) < 4.78 is 18.5. The molecule has 1 unspecified atom stereocenters. The van der Waals surface area contributed by atoms with E-state index in [1.807, 2.05) is 0 Å². The Kier molecular flexibility index (Phi) is 5.03. The molecule has 1 aromatic carbocycles. The van der Waals surface area contributed by atoms with E-state index in [4.69, 9.17) is 4.42 Å². The van der Waals surface area contributed by atoms with Crippen molar-refractivity contribution in [2.45, 2.75) is 17.4 Å². The number of benzene rings is 1. The number of carbonyl (C=O) groups is 1. The van der Waals surface area contributed by atoms with Gasteiger partial charge in [-0.05, 0) is 31.2 Å². The molecule has 1 atom stereocenters. The minimum absolute atomic E-state index is 0.0250. The van der Waals surface area contributed by atoms with Crippen LogP contribution in [-0.4, -0.2) is 23.3 Å². The van der Waals surface area contributed by atoms with E-state index >= 15 is 0 Å². The second kappa shape index (κ2) is 6.78. The van der Waals surface area contributed by atoms with Crippen LogP contribution in [0.5, 0.6) is 0 Å². The first-order chi connectivity index (χ1) is 9.99. The maximum absolute atomic E-state index is 13.4. The number of halogens is 1. The average molecular weight is 309 g/mol. The van der Waals surface area contributed by atoms with Crippen LogP contribution in [0.15, 0.2) is 52.0 Å². The van der Waals surface area contributed by atoms with Crippen molar-refractivity contribution in [3.63, 3.8) is 0 Å². The van der Waals surface area contributed by atoms with E-state index in [0.29, 0.717) is 10.7 Å². The Labute approximate surface area is 126 Å². The van der Waals surface area contributed by atoms with Gasteiger partial charge in [0.1, 0.15) is 17.2 Å². The van der Waals surface area contributed by atoms with Crippen molar-refractivity contribution >= 4 is 17.7 Å². The fourth-order valence-corrected chi connectivity index (χ4v) is 2.47. The Morgan fingerprint density at radius 3 is 2.81 bits per heavy atom. The van der Waals surface area contributed by atoms with E-state index in [1.54, 1.807) is 37.3 Å². The van der Waals surface area contributed by atoms with Crippen molar-refractivity contribution in [1.29, 1.82) is 0 Å². The summed E-state index contributed by atoms with van der Waals surface area (Å²) in [5.74, 6) is -0.174. The summed E-state index contributed by atoms with van der Waals surface area (Å²) in [5.41, 5.74) is -1.28. The van der Waals surface area contributed by atoms with Crippen LogP contribution in [0.25, 0.3) is 0 Å². The average Bonchev–Trinajstić information content (AvgIpc) is 2.99. The summed E-state index contributed by atoms with van der Waals surface area (Å²) in [6, 6.07) is 9.58. The molecule has 0 aliphatic heterocycles. The number of hydrogen-bond donors (Lipinski definition) is 2. The number of aliphatic hydroxyl groups is 1. The van der Waals surface area contributed by atoms with Crippen LogP contribution in [0.4, 0.5) is 4.39 Å². The Morgan fingerprint density at radius 1 is 1.38 bits per heavy atom. The van der Waals surface area contributed by atoms with Crippen LogP contribution in [0.3, 0.4) is 0 Å². The number of amides is 1. The molecule has 2 N–H and O–H groups in total. The van der Waals surface area contributed by atoms with Gasteiger partial charge < -0.3 is 14.8 Å². The lowest BCUT2D eigenvalue weighted by atomic mass is 10.0. The van der Waals surface area contributed by atoms with Gasteiger partial charge in [0.05, 0.1) is 18.6 Å². The molecule has 2 aromatic rings. The van der Waals surface area contributed by atoms with Crippen molar-refractivity contribution in [2.75, 3.05) is 12.3 Å². The van der Waals surface area contributed by atoms with Crippen molar-refractivity contribution in [1.82, 2.24) is 5.32 Å². The van der Waals surface area contributed by atoms with Gasteiger partial charge >= 0.3 is 0 Å².